The predicted octanol–water partition coefficient (Wildman–Crippen LogP) is 3.39. The van der Waals surface area contributed by atoms with Gasteiger partial charge in [-0.25, -0.2) is 9.97 Å². The van der Waals surface area contributed by atoms with Gasteiger partial charge in [0.1, 0.15) is 11.9 Å². The van der Waals surface area contributed by atoms with E-state index in [9.17, 15) is 0 Å². The number of hydrogen-bond donors (Lipinski definition) is 0. The molecular formula is C26H34N6. The standard InChI is InChI=1S/C26H34N6/c1-5-30-15-17-31(18-16-30)14-6-7-22-8-10-23(11-9-22)20-32(21-26(2,3)4)25-12-13-28-24(19-27)29-25/h8-13H,5,14-18,20-21H2,1-4H3. The molecule has 2 heterocycles. The number of benzene rings is 1. The van der Waals surface area contributed by atoms with E-state index in [-0.39, 0.29) is 11.2 Å². The Morgan fingerprint density at radius 2 is 1.72 bits per heavy atom. The largest absolute Gasteiger partial charge is 0.352 e. The lowest BCUT2D eigenvalue weighted by molar-refractivity contribution is 0.150. The summed E-state index contributed by atoms with van der Waals surface area (Å²) in [5.74, 6) is 7.61. The van der Waals surface area contributed by atoms with Gasteiger partial charge in [0, 0.05) is 51.0 Å². The number of aromatic nitrogens is 2. The van der Waals surface area contributed by atoms with Gasteiger partial charge in [-0.2, -0.15) is 5.26 Å². The lowest BCUT2D eigenvalue weighted by Gasteiger charge is -2.32. The summed E-state index contributed by atoms with van der Waals surface area (Å²) in [7, 11) is 0. The molecular weight excluding hydrogens is 396 g/mol. The summed E-state index contributed by atoms with van der Waals surface area (Å²) in [6.45, 7) is 16.8. The molecule has 1 aliphatic rings. The normalized spacial score (nSPS) is 15.0. The average molecular weight is 431 g/mol. The fourth-order valence-corrected chi connectivity index (χ4v) is 3.80. The Balaban J connectivity index is 1.63. The van der Waals surface area contributed by atoms with Crippen molar-refractivity contribution in [3.63, 3.8) is 0 Å². The predicted molar refractivity (Wildman–Crippen MR) is 129 cm³/mol. The molecule has 1 aromatic heterocycles. The monoisotopic (exact) mass is 430 g/mol. The Hall–Kier alpha value is -2.93. The average Bonchev–Trinajstić information content (AvgIpc) is 2.79. The Bertz CT molecular complexity index is 966. The highest BCUT2D eigenvalue weighted by Crippen LogP contribution is 2.22. The lowest BCUT2D eigenvalue weighted by atomic mass is 9.95. The Morgan fingerprint density at radius 3 is 2.34 bits per heavy atom. The fourth-order valence-electron chi connectivity index (χ4n) is 3.80. The number of nitriles is 1. The first-order valence-corrected chi connectivity index (χ1v) is 11.4. The first-order chi connectivity index (χ1) is 15.4. The highest BCUT2D eigenvalue weighted by Gasteiger charge is 2.19. The first kappa shape index (κ1) is 23.7. The third-order valence-corrected chi connectivity index (χ3v) is 5.50. The Morgan fingerprint density at radius 1 is 1.03 bits per heavy atom. The highest BCUT2D eigenvalue weighted by atomic mass is 15.3. The summed E-state index contributed by atoms with van der Waals surface area (Å²) in [6.07, 6.45) is 1.65. The zero-order valence-corrected chi connectivity index (χ0v) is 19.8. The summed E-state index contributed by atoms with van der Waals surface area (Å²) >= 11 is 0. The van der Waals surface area contributed by atoms with Crippen molar-refractivity contribution in [2.45, 2.75) is 34.2 Å². The van der Waals surface area contributed by atoms with Crippen LogP contribution in [0.15, 0.2) is 36.5 Å². The van der Waals surface area contributed by atoms with E-state index in [4.69, 9.17) is 5.26 Å². The molecule has 0 unspecified atom stereocenters. The minimum atomic E-state index is 0.0891. The second-order valence-corrected chi connectivity index (χ2v) is 9.48. The molecule has 1 fully saturated rings. The molecule has 0 spiro atoms. The SMILES string of the molecule is CCN1CCN(CC#Cc2ccc(CN(CC(C)(C)C)c3ccnc(C#N)n3)cc2)CC1. The van der Waals surface area contributed by atoms with Crippen molar-refractivity contribution in [1.29, 1.82) is 5.26 Å². The van der Waals surface area contributed by atoms with Crippen LogP contribution in [0.25, 0.3) is 0 Å². The molecule has 3 rings (SSSR count). The molecule has 0 amide bonds. The molecule has 0 aliphatic carbocycles. The Labute approximate surface area is 192 Å². The maximum absolute atomic E-state index is 9.16. The van der Waals surface area contributed by atoms with Gasteiger partial charge in [0.25, 0.3) is 0 Å². The van der Waals surface area contributed by atoms with E-state index >= 15 is 0 Å². The summed E-state index contributed by atoms with van der Waals surface area (Å²) < 4.78 is 0. The van der Waals surface area contributed by atoms with Gasteiger partial charge in [0.2, 0.25) is 5.82 Å². The first-order valence-electron chi connectivity index (χ1n) is 11.4. The maximum Gasteiger partial charge on any atom is 0.234 e. The van der Waals surface area contributed by atoms with Gasteiger partial charge >= 0.3 is 0 Å². The lowest BCUT2D eigenvalue weighted by Crippen LogP contribution is -2.46. The van der Waals surface area contributed by atoms with Gasteiger partial charge in [-0.1, -0.05) is 51.7 Å². The smallest absolute Gasteiger partial charge is 0.234 e. The molecule has 6 nitrogen and oxygen atoms in total. The van der Waals surface area contributed by atoms with Gasteiger partial charge in [0.15, 0.2) is 0 Å². The van der Waals surface area contributed by atoms with Crippen molar-refractivity contribution in [3.8, 4) is 17.9 Å². The zero-order valence-electron chi connectivity index (χ0n) is 19.8. The van der Waals surface area contributed by atoms with E-state index in [1.807, 2.05) is 12.1 Å². The second kappa shape index (κ2) is 11.1. The minimum Gasteiger partial charge on any atom is -0.352 e. The van der Waals surface area contributed by atoms with Crippen LogP contribution in [0, 0.1) is 28.6 Å². The molecule has 168 valence electrons. The van der Waals surface area contributed by atoms with Crippen LogP contribution < -0.4 is 4.90 Å². The van der Waals surface area contributed by atoms with Crippen molar-refractivity contribution in [2.75, 3.05) is 50.7 Å². The fraction of sp³-hybridized carbons (Fsp3) is 0.500. The molecule has 2 aromatic rings. The van der Waals surface area contributed by atoms with Gasteiger partial charge in [-0.15, -0.1) is 0 Å². The van der Waals surface area contributed by atoms with Crippen LogP contribution in [0.2, 0.25) is 0 Å². The van der Waals surface area contributed by atoms with Crippen LogP contribution in [0.5, 0.6) is 0 Å². The topological polar surface area (TPSA) is 59.3 Å². The van der Waals surface area contributed by atoms with Crippen molar-refractivity contribution in [2.24, 2.45) is 5.41 Å². The summed E-state index contributed by atoms with van der Waals surface area (Å²) in [5, 5.41) is 9.16. The quantitative estimate of drug-likeness (QED) is 0.655. The number of hydrogen-bond acceptors (Lipinski definition) is 6. The molecule has 0 radical (unpaired) electrons. The van der Waals surface area contributed by atoms with Crippen LogP contribution in [0.3, 0.4) is 0 Å². The molecule has 1 aromatic carbocycles. The van der Waals surface area contributed by atoms with E-state index in [1.54, 1.807) is 6.20 Å². The Kier molecular flexibility index (Phi) is 8.22. The number of anilines is 1. The van der Waals surface area contributed by atoms with Crippen molar-refractivity contribution in [3.05, 3.63) is 53.5 Å². The third-order valence-electron chi connectivity index (χ3n) is 5.50. The van der Waals surface area contributed by atoms with Gasteiger partial charge in [-0.3, -0.25) is 4.90 Å². The number of likely N-dealkylation sites (N-methyl/N-ethyl adjacent to an activating group) is 1. The molecule has 0 N–H and O–H groups in total. The molecule has 32 heavy (non-hydrogen) atoms. The van der Waals surface area contributed by atoms with E-state index in [1.165, 1.54) is 5.56 Å². The van der Waals surface area contributed by atoms with E-state index in [0.717, 1.165) is 57.2 Å². The van der Waals surface area contributed by atoms with Crippen LogP contribution in [-0.2, 0) is 6.54 Å². The highest BCUT2D eigenvalue weighted by molar-refractivity contribution is 5.42. The van der Waals surface area contributed by atoms with Crippen LogP contribution in [0.4, 0.5) is 5.82 Å². The zero-order chi connectivity index (χ0) is 23.0. The number of nitrogens with zero attached hydrogens (tertiary/aromatic N) is 6. The molecule has 0 saturated carbocycles. The third kappa shape index (κ3) is 7.34. The molecule has 0 atom stereocenters. The maximum atomic E-state index is 9.16. The van der Waals surface area contributed by atoms with Crippen LogP contribution in [-0.4, -0.2) is 65.6 Å². The van der Waals surface area contributed by atoms with Gasteiger partial charge in [-0.05, 0) is 35.7 Å². The second-order valence-electron chi connectivity index (χ2n) is 9.48. The molecule has 1 aliphatic heterocycles. The van der Waals surface area contributed by atoms with Crippen molar-refractivity contribution in [1.82, 2.24) is 19.8 Å². The van der Waals surface area contributed by atoms with Gasteiger partial charge < -0.3 is 9.80 Å². The van der Waals surface area contributed by atoms with Crippen LogP contribution in [0.1, 0.15) is 44.6 Å². The number of piperazine rings is 1. The van der Waals surface area contributed by atoms with E-state index in [2.05, 4.69) is 88.5 Å². The van der Waals surface area contributed by atoms with Gasteiger partial charge in [0.05, 0.1) is 6.54 Å². The van der Waals surface area contributed by atoms with Crippen molar-refractivity contribution >= 4 is 5.82 Å². The van der Waals surface area contributed by atoms with Crippen LogP contribution >= 0.6 is 0 Å². The molecule has 1 saturated heterocycles. The number of rotatable bonds is 6. The van der Waals surface area contributed by atoms with E-state index in [0.29, 0.717) is 6.54 Å². The van der Waals surface area contributed by atoms with E-state index < -0.39 is 0 Å². The summed E-state index contributed by atoms with van der Waals surface area (Å²) in [6, 6.07) is 12.3. The molecule has 6 heteroatoms. The summed E-state index contributed by atoms with van der Waals surface area (Å²) in [4.78, 5) is 15.5. The van der Waals surface area contributed by atoms with Crippen molar-refractivity contribution < 1.29 is 0 Å². The molecule has 0 bridgehead atoms. The minimum absolute atomic E-state index is 0.0891. The summed E-state index contributed by atoms with van der Waals surface area (Å²) in [5.41, 5.74) is 2.32.